The molecule has 8 heteroatoms. The van der Waals surface area contributed by atoms with Crippen LogP contribution in [0.3, 0.4) is 0 Å². The third-order valence-electron chi connectivity index (χ3n) is 4.97. The summed E-state index contributed by atoms with van der Waals surface area (Å²) in [5, 5.41) is 6.60. The molecule has 168 valence electrons. The maximum absolute atomic E-state index is 11.9. The predicted molar refractivity (Wildman–Crippen MR) is 138 cm³/mol. The first-order chi connectivity index (χ1) is 15.2. The van der Waals surface area contributed by atoms with Gasteiger partial charge in [0.15, 0.2) is 17.5 Å². The summed E-state index contributed by atoms with van der Waals surface area (Å²) in [7, 11) is 1.74. The van der Waals surface area contributed by atoms with Gasteiger partial charge in [0.2, 0.25) is 0 Å². The van der Waals surface area contributed by atoms with Crippen molar-refractivity contribution in [1.82, 2.24) is 9.88 Å². The number of rotatable bonds is 5. The predicted octanol–water partition coefficient (Wildman–Crippen LogP) is 3.86. The monoisotopic (exact) mass is 546 g/mol. The zero-order chi connectivity index (χ0) is 21.5. The molecule has 7 nitrogen and oxygen atoms in total. The molecule has 0 fully saturated rings. The van der Waals surface area contributed by atoms with Crippen molar-refractivity contribution in [3.8, 4) is 11.5 Å². The Kier molecular flexibility index (Phi) is 8.55. The van der Waals surface area contributed by atoms with Crippen LogP contribution < -0.4 is 25.7 Å². The fourth-order valence-corrected chi connectivity index (χ4v) is 3.29. The van der Waals surface area contributed by atoms with Gasteiger partial charge in [0.25, 0.3) is 5.56 Å². The van der Waals surface area contributed by atoms with Crippen LogP contribution in [0.1, 0.15) is 17.5 Å². The van der Waals surface area contributed by atoms with Gasteiger partial charge in [-0.15, -0.1) is 24.0 Å². The lowest BCUT2D eigenvalue weighted by molar-refractivity contribution is 0.297. The maximum Gasteiger partial charge on any atom is 0.250 e. The summed E-state index contributed by atoms with van der Waals surface area (Å²) in [6.45, 7) is 2.50. The summed E-state index contributed by atoms with van der Waals surface area (Å²) >= 11 is 0. The van der Waals surface area contributed by atoms with E-state index in [4.69, 9.17) is 9.47 Å². The zero-order valence-electron chi connectivity index (χ0n) is 17.9. The van der Waals surface area contributed by atoms with Crippen molar-refractivity contribution in [2.45, 2.75) is 19.5 Å². The summed E-state index contributed by atoms with van der Waals surface area (Å²) < 4.78 is 13.1. The van der Waals surface area contributed by atoms with Crippen LogP contribution in [0.15, 0.2) is 76.6 Å². The van der Waals surface area contributed by atoms with E-state index in [1.165, 1.54) is 0 Å². The Balaban J connectivity index is 0.00000289. The molecule has 32 heavy (non-hydrogen) atoms. The Hall–Kier alpha value is -3.01. The molecule has 0 aliphatic carbocycles. The fourth-order valence-electron chi connectivity index (χ4n) is 3.29. The number of hydrogen-bond acceptors (Lipinski definition) is 4. The minimum Gasteiger partial charge on any atom is -0.490 e. The van der Waals surface area contributed by atoms with Crippen LogP contribution in [0.2, 0.25) is 0 Å². The second-order valence-corrected chi connectivity index (χ2v) is 7.25. The largest absolute Gasteiger partial charge is 0.490 e. The second-order valence-electron chi connectivity index (χ2n) is 7.25. The summed E-state index contributed by atoms with van der Waals surface area (Å²) in [6, 6.07) is 19.1. The van der Waals surface area contributed by atoms with Crippen molar-refractivity contribution < 1.29 is 9.47 Å². The van der Waals surface area contributed by atoms with E-state index in [0.29, 0.717) is 32.3 Å². The molecule has 0 saturated carbocycles. The molecule has 0 unspecified atom stereocenters. The van der Waals surface area contributed by atoms with Crippen LogP contribution in [-0.2, 0) is 13.1 Å². The van der Waals surface area contributed by atoms with Gasteiger partial charge in [-0.1, -0.05) is 30.3 Å². The Morgan fingerprint density at radius 2 is 1.75 bits per heavy atom. The number of anilines is 1. The van der Waals surface area contributed by atoms with Gasteiger partial charge in [-0.2, -0.15) is 0 Å². The molecule has 4 rings (SSSR count). The van der Waals surface area contributed by atoms with Crippen LogP contribution in [0.4, 0.5) is 5.69 Å². The highest BCUT2D eigenvalue weighted by Gasteiger charge is 2.11. The van der Waals surface area contributed by atoms with Gasteiger partial charge < -0.3 is 24.7 Å². The second kappa shape index (κ2) is 11.6. The molecule has 2 aromatic carbocycles. The molecule has 0 saturated heterocycles. The van der Waals surface area contributed by atoms with Gasteiger partial charge in [-0.05, 0) is 29.3 Å². The van der Waals surface area contributed by atoms with Gasteiger partial charge in [0.05, 0.1) is 19.8 Å². The quantitative estimate of drug-likeness (QED) is 0.289. The first-order valence-electron chi connectivity index (χ1n) is 10.3. The summed E-state index contributed by atoms with van der Waals surface area (Å²) in [6.07, 6.45) is 2.68. The molecule has 2 heterocycles. The van der Waals surface area contributed by atoms with Gasteiger partial charge in [-0.25, -0.2) is 0 Å². The number of guanidine groups is 1. The topological polar surface area (TPSA) is 76.9 Å². The van der Waals surface area contributed by atoms with Crippen molar-refractivity contribution in [1.29, 1.82) is 0 Å². The highest BCUT2D eigenvalue weighted by atomic mass is 127. The summed E-state index contributed by atoms with van der Waals surface area (Å²) in [5.41, 5.74) is 3.07. The zero-order valence-corrected chi connectivity index (χ0v) is 20.2. The molecule has 0 amide bonds. The number of nitrogens with zero attached hydrogens (tertiary/aromatic N) is 2. The molecule has 1 aromatic heterocycles. The number of aliphatic imine (C=N–C) groups is 1. The Morgan fingerprint density at radius 3 is 2.50 bits per heavy atom. The average molecular weight is 546 g/mol. The van der Waals surface area contributed by atoms with E-state index < -0.39 is 0 Å². The number of halogens is 1. The van der Waals surface area contributed by atoms with Crippen molar-refractivity contribution in [3.63, 3.8) is 0 Å². The molecule has 0 spiro atoms. The molecular formula is C24H27IN4O3. The normalized spacial score (nSPS) is 13.0. The number of aromatic nitrogens is 1. The molecule has 3 aromatic rings. The molecule has 1 aliphatic heterocycles. The maximum atomic E-state index is 11.9. The van der Waals surface area contributed by atoms with E-state index in [2.05, 4.69) is 27.8 Å². The number of fused-ring (bicyclic) bond motifs is 1. The van der Waals surface area contributed by atoms with Gasteiger partial charge >= 0.3 is 0 Å². The van der Waals surface area contributed by atoms with Crippen LogP contribution in [0.5, 0.6) is 11.5 Å². The highest BCUT2D eigenvalue weighted by molar-refractivity contribution is 14.0. The van der Waals surface area contributed by atoms with Crippen molar-refractivity contribution in [2.24, 2.45) is 4.99 Å². The smallest absolute Gasteiger partial charge is 0.250 e. The number of nitrogens with one attached hydrogen (secondary N) is 2. The Labute approximate surface area is 204 Å². The SMILES string of the molecule is CN=C(NCc1ccc(Cn2ccccc2=O)cc1)Nc1ccc2c(c1)OCCCO2.I. The third kappa shape index (κ3) is 6.25. The number of benzene rings is 2. The lowest BCUT2D eigenvalue weighted by Gasteiger charge is -2.14. The van der Waals surface area contributed by atoms with Crippen molar-refractivity contribution in [3.05, 3.63) is 88.3 Å². The Morgan fingerprint density at radius 1 is 1.00 bits per heavy atom. The van der Waals surface area contributed by atoms with Gasteiger partial charge in [0.1, 0.15) is 0 Å². The number of ether oxygens (including phenoxy) is 2. The van der Waals surface area contributed by atoms with E-state index in [1.807, 2.05) is 36.4 Å². The molecule has 0 bridgehead atoms. The van der Waals surface area contributed by atoms with Crippen LogP contribution in [0, 0.1) is 0 Å². The van der Waals surface area contributed by atoms with Crippen molar-refractivity contribution >= 4 is 35.6 Å². The summed E-state index contributed by atoms with van der Waals surface area (Å²) in [5.74, 6) is 2.17. The lowest BCUT2D eigenvalue weighted by Crippen LogP contribution is -2.30. The Bertz CT molecular complexity index is 1110. The van der Waals surface area contributed by atoms with Crippen molar-refractivity contribution in [2.75, 3.05) is 25.6 Å². The van der Waals surface area contributed by atoms with E-state index >= 15 is 0 Å². The molecule has 1 aliphatic rings. The van der Waals surface area contributed by atoms with Crippen LogP contribution >= 0.6 is 24.0 Å². The van der Waals surface area contributed by atoms with Gasteiger partial charge in [-0.3, -0.25) is 9.79 Å². The minimum atomic E-state index is -0.00196. The first kappa shape index (κ1) is 23.6. The molecule has 0 atom stereocenters. The fraction of sp³-hybridized carbons (Fsp3) is 0.250. The highest BCUT2D eigenvalue weighted by Crippen LogP contribution is 2.32. The van der Waals surface area contributed by atoms with Gasteiger partial charge in [0, 0.05) is 44.0 Å². The van der Waals surface area contributed by atoms with E-state index in [1.54, 1.807) is 29.9 Å². The number of pyridine rings is 1. The molecular weight excluding hydrogens is 519 g/mol. The van der Waals surface area contributed by atoms with Crippen LogP contribution in [-0.4, -0.2) is 30.8 Å². The molecule has 0 radical (unpaired) electrons. The van der Waals surface area contributed by atoms with E-state index in [9.17, 15) is 4.79 Å². The minimum absolute atomic E-state index is 0. The van der Waals surface area contributed by atoms with E-state index in [0.717, 1.165) is 34.7 Å². The lowest BCUT2D eigenvalue weighted by atomic mass is 10.1. The first-order valence-corrected chi connectivity index (χ1v) is 10.3. The third-order valence-corrected chi connectivity index (χ3v) is 4.97. The average Bonchev–Trinajstić information content (AvgIpc) is 3.04. The summed E-state index contributed by atoms with van der Waals surface area (Å²) in [4.78, 5) is 16.2. The van der Waals surface area contributed by atoms with Crippen LogP contribution in [0.25, 0.3) is 0 Å². The number of hydrogen-bond donors (Lipinski definition) is 2. The standard InChI is InChI=1S/C24H26N4O3.HI/c1-25-24(27-20-10-11-21-22(15-20)31-14-4-13-30-21)26-16-18-6-8-19(9-7-18)17-28-12-3-2-5-23(28)29;/h2-3,5-12,15H,4,13-14,16-17H2,1H3,(H2,25,26,27);1H. The van der Waals surface area contributed by atoms with E-state index in [-0.39, 0.29) is 29.5 Å². The molecule has 2 N–H and O–H groups in total.